The Hall–Kier alpha value is -0.0700. The van der Waals surface area contributed by atoms with E-state index >= 15 is 0 Å². The quantitative estimate of drug-likeness (QED) is 0.550. The second kappa shape index (κ2) is 9.02. The van der Waals surface area contributed by atoms with E-state index in [0.717, 1.165) is 0 Å². The number of hydrogen-bond donors (Lipinski definition) is 0. The highest BCUT2D eigenvalue weighted by molar-refractivity contribution is 4.60. The molecule has 0 heterocycles. The Morgan fingerprint density at radius 3 is 1.75 bits per heavy atom. The van der Waals surface area contributed by atoms with Gasteiger partial charge < -0.3 is 0 Å². The standard InChI is InChI=1S/C10H22.CH3F/c1-5-6-7-8-9-10(2,3)4;1-2/h5-9H2,1-4H3;1H3. The zero-order valence-electron chi connectivity index (χ0n) is 9.41. The molecule has 0 unspecified atom stereocenters. The molecule has 0 atom stereocenters. The van der Waals surface area contributed by atoms with Crippen molar-refractivity contribution in [3.8, 4) is 0 Å². The van der Waals surface area contributed by atoms with E-state index in [0.29, 0.717) is 12.6 Å². The molecule has 0 aliphatic carbocycles. The van der Waals surface area contributed by atoms with Gasteiger partial charge in [-0.25, -0.2) is 0 Å². The molecule has 0 fully saturated rings. The van der Waals surface area contributed by atoms with E-state index in [-0.39, 0.29) is 0 Å². The zero-order chi connectivity index (χ0) is 10.0. The Labute approximate surface area is 77.6 Å². The van der Waals surface area contributed by atoms with Gasteiger partial charge in [-0.2, -0.15) is 0 Å². The number of alkyl halides is 1. The van der Waals surface area contributed by atoms with Gasteiger partial charge in [0.25, 0.3) is 0 Å². The molecule has 0 rings (SSSR count). The predicted octanol–water partition coefficient (Wildman–Crippen LogP) is 4.59. The molecular formula is C11H25F. The number of rotatable bonds is 4. The highest BCUT2D eigenvalue weighted by atomic mass is 19.1. The van der Waals surface area contributed by atoms with Gasteiger partial charge in [-0.1, -0.05) is 53.4 Å². The van der Waals surface area contributed by atoms with Crippen LogP contribution in [0.5, 0.6) is 0 Å². The fourth-order valence-electron chi connectivity index (χ4n) is 1.08. The molecule has 0 spiro atoms. The van der Waals surface area contributed by atoms with Crippen molar-refractivity contribution in [1.82, 2.24) is 0 Å². The van der Waals surface area contributed by atoms with Crippen molar-refractivity contribution in [2.24, 2.45) is 5.41 Å². The summed E-state index contributed by atoms with van der Waals surface area (Å²) in [6.07, 6.45) is 6.98. The van der Waals surface area contributed by atoms with Gasteiger partial charge in [0.15, 0.2) is 0 Å². The monoisotopic (exact) mass is 176 g/mol. The number of hydrogen-bond acceptors (Lipinski definition) is 0. The van der Waals surface area contributed by atoms with E-state index < -0.39 is 0 Å². The van der Waals surface area contributed by atoms with Crippen LogP contribution in [0.4, 0.5) is 4.39 Å². The first-order valence-corrected chi connectivity index (χ1v) is 4.94. The van der Waals surface area contributed by atoms with E-state index in [1.54, 1.807) is 0 Å². The van der Waals surface area contributed by atoms with Crippen LogP contribution in [0.1, 0.15) is 59.8 Å². The third kappa shape index (κ3) is 16.5. The number of halogens is 1. The van der Waals surface area contributed by atoms with Crippen LogP contribution in [0, 0.1) is 5.41 Å². The van der Waals surface area contributed by atoms with Gasteiger partial charge in [-0.3, -0.25) is 4.39 Å². The predicted molar refractivity (Wildman–Crippen MR) is 55.2 cm³/mol. The molecule has 0 aromatic carbocycles. The van der Waals surface area contributed by atoms with Gasteiger partial charge in [0.2, 0.25) is 0 Å². The summed E-state index contributed by atoms with van der Waals surface area (Å²) in [6, 6.07) is 0. The van der Waals surface area contributed by atoms with Crippen LogP contribution >= 0.6 is 0 Å². The molecule has 0 amide bonds. The Morgan fingerprint density at radius 1 is 0.917 bits per heavy atom. The smallest absolute Gasteiger partial charge is 0.0785 e. The van der Waals surface area contributed by atoms with Crippen molar-refractivity contribution in [2.75, 3.05) is 7.18 Å². The summed E-state index contributed by atoms with van der Waals surface area (Å²) in [5.74, 6) is 0. The van der Waals surface area contributed by atoms with Crippen LogP contribution in [0.15, 0.2) is 0 Å². The first kappa shape index (κ1) is 14.5. The lowest BCUT2D eigenvalue weighted by Crippen LogP contribution is -2.03. The molecule has 0 nitrogen and oxygen atoms in total. The highest BCUT2D eigenvalue weighted by Crippen LogP contribution is 2.22. The van der Waals surface area contributed by atoms with Crippen molar-refractivity contribution < 1.29 is 4.39 Å². The topological polar surface area (TPSA) is 0 Å². The van der Waals surface area contributed by atoms with Gasteiger partial charge in [0, 0.05) is 0 Å². The summed E-state index contributed by atoms with van der Waals surface area (Å²) in [4.78, 5) is 0. The van der Waals surface area contributed by atoms with E-state index in [1.165, 1.54) is 32.1 Å². The first-order valence-electron chi connectivity index (χ1n) is 4.94. The third-order valence-electron chi connectivity index (χ3n) is 1.78. The summed E-state index contributed by atoms with van der Waals surface area (Å²) in [7, 11) is 0.500. The van der Waals surface area contributed by atoms with Gasteiger partial charge in [0.05, 0.1) is 7.18 Å². The van der Waals surface area contributed by atoms with Crippen molar-refractivity contribution in [3.63, 3.8) is 0 Å². The van der Waals surface area contributed by atoms with E-state index in [1.807, 2.05) is 0 Å². The minimum Gasteiger partial charge on any atom is -0.255 e. The lowest BCUT2D eigenvalue weighted by Gasteiger charge is -2.17. The lowest BCUT2D eigenvalue weighted by molar-refractivity contribution is 0.358. The molecule has 0 aromatic heterocycles. The third-order valence-corrected chi connectivity index (χ3v) is 1.78. The SMILES string of the molecule is CCCCCCC(C)(C)C.CF. The number of unbranched alkanes of at least 4 members (excludes halogenated alkanes) is 3. The van der Waals surface area contributed by atoms with Gasteiger partial charge in [-0.05, 0) is 11.8 Å². The summed E-state index contributed by atoms with van der Waals surface area (Å²) in [5.41, 5.74) is 0.549. The molecule has 0 bridgehead atoms. The molecule has 0 saturated heterocycles. The van der Waals surface area contributed by atoms with E-state index in [2.05, 4.69) is 27.7 Å². The van der Waals surface area contributed by atoms with Crippen molar-refractivity contribution in [2.45, 2.75) is 59.8 Å². The van der Waals surface area contributed by atoms with Crippen molar-refractivity contribution in [1.29, 1.82) is 0 Å². The van der Waals surface area contributed by atoms with Crippen LogP contribution in [0.2, 0.25) is 0 Å². The molecular weight excluding hydrogens is 151 g/mol. The second-order valence-electron chi connectivity index (χ2n) is 4.37. The normalized spacial score (nSPS) is 10.5. The fraction of sp³-hybridized carbons (Fsp3) is 1.00. The largest absolute Gasteiger partial charge is 0.255 e. The summed E-state index contributed by atoms with van der Waals surface area (Å²) in [5, 5.41) is 0. The van der Waals surface area contributed by atoms with Crippen LogP contribution in [-0.2, 0) is 0 Å². The molecule has 0 radical (unpaired) electrons. The summed E-state index contributed by atoms with van der Waals surface area (Å²) >= 11 is 0. The van der Waals surface area contributed by atoms with Crippen LogP contribution < -0.4 is 0 Å². The molecule has 0 saturated carbocycles. The van der Waals surface area contributed by atoms with Crippen molar-refractivity contribution >= 4 is 0 Å². The minimum atomic E-state index is 0.500. The Kier molecular flexibility index (Phi) is 10.9. The van der Waals surface area contributed by atoms with Crippen molar-refractivity contribution in [3.05, 3.63) is 0 Å². The van der Waals surface area contributed by atoms with Crippen LogP contribution in [0.25, 0.3) is 0 Å². The Bertz CT molecular complexity index is 71.6. The molecule has 0 N–H and O–H groups in total. The molecule has 1 heteroatoms. The molecule has 0 aliphatic heterocycles. The second-order valence-corrected chi connectivity index (χ2v) is 4.37. The van der Waals surface area contributed by atoms with Gasteiger partial charge in [0.1, 0.15) is 0 Å². The molecule has 12 heavy (non-hydrogen) atoms. The van der Waals surface area contributed by atoms with E-state index in [4.69, 9.17) is 0 Å². The van der Waals surface area contributed by atoms with Crippen LogP contribution in [0.3, 0.4) is 0 Å². The zero-order valence-corrected chi connectivity index (χ0v) is 9.41. The maximum Gasteiger partial charge on any atom is 0.0785 e. The minimum absolute atomic E-state index is 0.500. The maximum atomic E-state index is 9.50. The highest BCUT2D eigenvalue weighted by Gasteiger charge is 2.08. The van der Waals surface area contributed by atoms with Gasteiger partial charge >= 0.3 is 0 Å². The van der Waals surface area contributed by atoms with Gasteiger partial charge in [-0.15, -0.1) is 0 Å². The maximum absolute atomic E-state index is 9.50. The average molecular weight is 176 g/mol. The first-order chi connectivity index (χ1) is 5.56. The fourth-order valence-corrected chi connectivity index (χ4v) is 1.08. The summed E-state index contributed by atoms with van der Waals surface area (Å²) in [6.45, 7) is 9.22. The lowest BCUT2D eigenvalue weighted by atomic mass is 9.89. The Morgan fingerprint density at radius 2 is 1.42 bits per heavy atom. The van der Waals surface area contributed by atoms with E-state index in [9.17, 15) is 4.39 Å². The molecule has 76 valence electrons. The molecule has 0 aromatic rings. The Balaban J connectivity index is 0. The van der Waals surface area contributed by atoms with Crippen LogP contribution in [-0.4, -0.2) is 7.18 Å². The average Bonchev–Trinajstić information content (AvgIpc) is 2.01. The summed E-state index contributed by atoms with van der Waals surface area (Å²) < 4.78 is 9.50. The molecule has 0 aliphatic rings.